The van der Waals surface area contributed by atoms with Gasteiger partial charge in [0.25, 0.3) is 0 Å². The molecule has 1 aliphatic heterocycles. The van der Waals surface area contributed by atoms with Crippen molar-refractivity contribution in [2.24, 2.45) is 0 Å². The number of imidazole rings is 1. The number of thiazole rings is 1. The molecule has 1 aliphatic rings. The highest BCUT2D eigenvalue weighted by molar-refractivity contribution is 9.08. The summed E-state index contributed by atoms with van der Waals surface area (Å²) in [7, 11) is 0. The molecule has 0 N–H and O–H groups in total. The van der Waals surface area contributed by atoms with Crippen LogP contribution in [0.15, 0.2) is 11.6 Å². The van der Waals surface area contributed by atoms with Crippen molar-refractivity contribution >= 4 is 49.8 Å². The van der Waals surface area contributed by atoms with Crippen LogP contribution in [0.5, 0.6) is 0 Å². The molecule has 1 atom stereocenters. The fourth-order valence-electron chi connectivity index (χ4n) is 2.21. The predicted octanol–water partition coefficient (Wildman–Crippen LogP) is 3.23. The largest absolute Gasteiger partial charge is 0.353 e. The Labute approximate surface area is 117 Å². The number of anilines is 1. The predicted molar refractivity (Wildman–Crippen MR) is 79.8 cm³/mol. The van der Waals surface area contributed by atoms with Gasteiger partial charge in [-0.15, -0.1) is 11.3 Å². The van der Waals surface area contributed by atoms with Crippen LogP contribution in [0.3, 0.4) is 0 Å². The molecule has 92 valence electrons. The maximum atomic E-state index is 4.77. The van der Waals surface area contributed by atoms with E-state index in [0.717, 1.165) is 23.4 Å². The Morgan fingerprint density at radius 1 is 1.59 bits per heavy atom. The third-order valence-corrected chi connectivity index (χ3v) is 5.43. The summed E-state index contributed by atoms with van der Waals surface area (Å²) in [5.41, 5.74) is 1.28. The van der Waals surface area contributed by atoms with E-state index in [-0.39, 0.29) is 0 Å². The smallest absolute Gasteiger partial charge is 0.195 e. The van der Waals surface area contributed by atoms with Gasteiger partial charge in [-0.1, -0.05) is 22.9 Å². The first-order valence-electron chi connectivity index (χ1n) is 5.66. The van der Waals surface area contributed by atoms with E-state index >= 15 is 0 Å². The van der Waals surface area contributed by atoms with Crippen LogP contribution < -0.4 is 4.90 Å². The number of hydrogen-bond acceptors (Lipinski definition) is 4. The first kappa shape index (κ1) is 11.9. The molecule has 0 spiro atoms. The molecule has 1 fully saturated rings. The van der Waals surface area contributed by atoms with Crippen LogP contribution in [0.2, 0.25) is 0 Å². The van der Waals surface area contributed by atoms with Gasteiger partial charge in [0.15, 0.2) is 10.8 Å². The third-order valence-electron chi connectivity index (χ3n) is 3.01. The van der Waals surface area contributed by atoms with Crippen molar-refractivity contribution in [2.45, 2.75) is 17.5 Å². The van der Waals surface area contributed by atoms with Gasteiger partial charge in [0.1, 0.15) is 0 Å². The van der Waals surface area contributed by atoms with Gasteiger partial charge < -0.3 is 4.90 Å². The van der Waals surface area contributed by atoms with Gasteiger partial charge in [0.2, 0.25) is 0 Å². The van der Waals surface area contributed by atoms with Gasteiger partial charge in [-0.25, -0.2) is 4.98 Å². The van der Waals surface area contributed by atoms with Gasteiger partial charge in [0.05, 0.1) is 5.69 Å². The number of thioether (sulfide) groups is 1. The molecular weight excluding hydrogens is 318 g/mol. The van der Waals surface area contributed by atoms with Crippen LogP contribution in [0.25, 0.3) is 4.96 Å². The van der Waals surface area contributed by atoms with Crippen LogP contribution in [-0.2, 0) is 5.33 Å². The summed E-state index contributed by atoms with van der Waals surface area (Å²) >= 11 is 7.34. The quantitative estimate of drug-likeness (QED) is 0.788. The monoisotopic (exact) mass is 331 g/mol. The molecule has 0 amide bonds. The average Bonchev–Trinajstić information content (AvgIpc) is 2.88. The second kappa shape index (κ2) is 4.82. The first-order valence-corrected chi connectivity index (χ1v) is 8.71. The molecule has 0 aliphatic carbocycles. The second-order valence-corrected chi connectivity index (χ2v) is 7.18. The number of halogens is 1. The number of hydrogen-bond donors (Lipinski definition) is 0. The lowest BCUT2D eigenvalue weighted by Gasteiger charge is -2.31. The van der Waals surface area contributed by atoms with E-state index in [1.165, 1.54) is 17.3 Å². The Hall–Kier alpha value is -0.200. The zero-order valence-electron chi connectivity index (χ0n) is 9.60. The van der Waals surface area contributed by atoms with Crippen molar-refractivity contribution in [1.29, 1.82) is 0 Å². The Balaban J connectivity index is 2.00. The van der Waals surface area contributed by atoms with Crippen LogP contribution in [0.1, 0.15) is 12.6 Å². The lowest BCUT2D eigenvalue weighted by atomic mass is 10.3. The summed E-state index contributed by atoms with van der Waals surface area (Å²) in [4.78, 5) is 8.30. The van der Waals surface area contributed by atoms with E-state index in [1.54, 1.807) is 11.3 Å². The molecule has 0 radical (unpaired) electrons. The van der Waals surface area contributed by atoms with Gasteiger partial charge in [-0.2, -0.15) is 11.8 Å². The molecule has 17 heavy (non-hydrogen) atoms. The number of rotatable bonds is 2. The Morgan fingerprint density at radius 3 is 3.24 bits per heavy atom. The standard InChI is InChI=1S/C11H14BrN3S2/c1-8-7-14(2-4-16-8)10-9(6-12)15-3-5-17-11(15)13-10/h3,5,8H,2,4,6-7H2,1H3. The summed E-state index contributed by atoms with van der Waals surface area (Å²) in [6.45, 7) is 4.51. The zero-order valence-corrected chi connectivity index (χ0v) is 12.8. The van der Waals surface area contributed by atoms with Gasteiger partial charge in [0, 0.05) is 41.0 Å². The zero-order chi connectivity index (χ0) is 11.8. The Morgan fingerprint density at radius 2 is 2.47 bits per heavy atom. The fourth-order valence-corrected chi connectivity index (χ4v) is 4.47. The van der Waals surface area contributed by atoms with Crippen molar-refractivity contribution in [3.05, 3.63) is 17.3 Å². The summed E-state index contributed by atoms with van der Waals surface area (Å²) < 4.78 is 2.20. The van der Waals surface area contributed by atoms with Gasteiger partial charge in [-0.05, 0) is 0 Å². The van der Waals surface area contributed by atoms with Crippen LogP contribution in [0.4, 0.5) is 5.82 Å². The number of nitrogens with zero attached hydrogens (tertiary/aromatic N) is 3. The fraction of sp³-hybridized carbons (Fsp3) is 0.545. The highest BCUT2D eigenvalue weighted by Gasteiger charge is 2.23. The maximum Gasteiger partial charge on any atom is 0.195 e. The van der Waals surface area contributed by atoms with Crippen LogP contribution in [0, 0.1) is 0 Å². The van der Waals surface area contributed by atoms with Crippen molar-refractivity contribution in [1.82, 2.24) is 9.38 Å². The normalized spacial score (nSPS) is 21.3. The highest BCUT2D eigenvalue weighted by Crippen LogP contribution is 2.29. The van der Waals surface area contributed by atoms with Crippen LogP contribution in [-0.4, -0.2) is 33.5 Å². The van der Waals surface area contributed by atoms with Gasteiger partial charge in [-0.3, -0.25) is 4.40 Å². The van der Waals surface area contributed by atoms with Gasteiger partial charge >= 0.3 is 0 Å². The van der Waals surface area contributed by atoms with E-state index < -0.39 is 0 Å². The van der Waals surface area contributed by atoms with E-state index in [0.29, 0.717) is 5.25 Å². The maximum absolute atomic E-state index is 4.77. The Bertz CT molecular complexity index is 522. The molecule has 1 saturated heterocycles. The van der Waals surface area contributed by atoms with Crippen molar-refractivity contribution < 1.29 is 0 Å². The minimum Gasteiger partial charge on any atom is -0.353 e. The number of aromatic nitrogens is 2. The highest BCUT2D eigenvalue weighted by atomic mass is 79.9. The topological polar surface area (TPSA) is 20.5 Å². The minimum absolute atomic E-state index is 0.701. The summed E-state index contributed by atoms with van der Waals surface area (Å²) in [5.74, 6) is 2.37. The van der Waals surface area contributed by atoms with E-state index in [1.807, 2.05) is 0 Å². The number of fused-ring (bicyclic) bond motifs is 1. The molecule has 6 heteroatoms. The van der Waals surface area contributed by atoms with Crippen molar-refractivity contribution in [3.63, 3.8) is 0 Å². The average molecular weight is 332 g/mol. The Kier molecular flexibility index (Phi) is 3.36. The summed E-state index contributed by atoms with van der Waals surface area (Å²) in [6, 6.07) is 0. The second-order valence-electron chi connectivity index (χ2n) is 4.20. The summed E-state index contributed by atoms with van der Waals surface area (Å²) in [5, 5.41) is 3.65. The molecule has 0 aromatic carbocycles. The van der Waals surface area contributed by atoms with Crippen molar-refractivity contribution in [3.8, 4) is 0 Å². The van der Waals surface area contributed by atoms with E-state index in [9.17, 15) is 0 Å². The third kappa shape index (κ3) is 2.11. The molecule has 3 nitrogen and oxygen atoms in total. The molecular formula is C11H14BrN3S2. The molecule has 3 rings (SSSR count). The molecule has 3 heterocycles. The van der Waals surface area contributed by atoms with E-state index in [4.69, 9.17) is 4.98 Å². The molecule has 2 aromatic rings. The number of alkyl halides is 1. The molecule has 1 unspecified atom stereocenters. The minimum atomic E-state index is 0.701. The molecule has 0 saturated carbocycles. The van der Waals surface area contributed by atoms with E-state index in [2.05, 4.69) is 55.5 Å². The van der Waals surface area contributed by atoms with Crippen LogP contribution >= 0.6 is 39.0 Å². The SMILES string of the molecule is CC1CN(c2nc3sccn3c2CBr)CCS1. The lowest BCUT2D eigenvalue weighted by molar-refractivity contribution is 0.769. The summed E-state index contributed by atoms with van der Waals surface area (Å²) in [6.07, 6.45) is 2.11. The molecule has 0 bridgehead atoms. The lowest BCUT2D eigenvalue weighted by Crippen LogP contribution is -2.37. The molecule has 2 aromatic heterocycles. The van der Waals surface area contributed by atoms with Crippen molar-refractivity contribution in [2.75, 3.05) is 23.7 Å². The first-order chi connectivity index (χ1) is 8.29.